The number of hydrogen-bond acceptors (Lipinski definition) is 4. The number of rotatable bonds is 5. The molecule has 0 unspecified atom stereocenters. The molecule has 0 fully saturated rings. The Balaban J connectivity index is 2.06. The lowest BCUT2D eigenvalue weighted by Gasteiger charge is -2.10. The average Bonchev–Trinajstić information content (AvgIpc) is 2.99. The Morgan fingerprint density at radius 3 is 2.58 bits per heavy atom. The van der Waals surface area contributed by atoms with Gasteiger partial charge in [0, 0.05) is 6.20 Å². The molecule has 0 aliphatic carbocycles. The minimum absolute atomic E-state index is 0.164. The summed E-state index contributed by atoms with van der Waals surface area (Å²) >= 11 is 0. The number of pyridine rings is 1. The molecule has 7 heteroatoms. The van der Waals surface area contributed by atoms with Gasteiger partial charge in [-0.3, -0.25) is 4.40 Å². The van der Waals surface area contributed by atoms with Crippen LogP contribution >= 0.6 is 0 Å². The van der Waals surface area contributed by atoms with Crippen LogP contribution in [0.2, 0.25) is 0 Å². The van der Waals surface area contributed by atoms with Crippen molar-refractivity contribution in [1.82, 2.24) is 9.38 Å². The van der Waals surface area contributed by atoms with Crippen LogP contribution in [-0.2, 0) is 17.8 Å². The third kappa shape index (κ3) is 3.12. The Morgan fingerprint density at radius 2 is 1.96 bits per heavy atom. The van der Waals surface area contributed by atoms with E-state index in [-0.39, 0.29) is 12.2 Å². The molecule has 3 aromatic rings. The monoisotopic (exact) mass is 360 g/mol. The number of benzene rings is 1. The quantitative estimate of drug-likeness (QED) is 0.649. The molecule has 0 saturated heterocycles. The molecule has 1 aromatic carbocycles. The van der Waals surface area contributed by atoms with Crippen molar-refractivity contribution in [1.29, 1.82) is 0 Å². The number of aromatic nitrogens is 2. The van der Waals surface area contributed by atoms with Crippen LogP contribution < -0.4 is 4.74 Å². The molecule has 0 atom stereocenters. The fourth-order valence-corrected chi connectivity index (χ4v) is 2.78. The number of ether oxygens (including phenoxy) is 2. The normalized spacial score (nSPS) is 11.0. The van der Waals surface area contributed by atoms with Gasteiger partial charge >= 0.3 is 5.97 Å². The van der Waals surface area contributed by atoms with Crippen LogP contribution in [0.1, 0.15) is 34.2 Å². The Kier molecular flexibility index (Phi) is 4.88. The number of hydrogen-bond donors (Lipinski definition) is 0. The summed E-state index contributed by atoms with van der Waals surface area (Å²) in [6.45, 7) is 3.40. The second kappa shape index (κ2) is 7.11. The lowest BCUT2D eigenvalue weighted by Crippen LogP contribution is -2.09. The lowest BCUT2D eigenvalue weighted by atomic mass is 10.2. The highest BCUT2D eigenvalue weighted by molar-refractivity contribution is 5.90. The molecule has 0 aliphatic rings. The third-order valence-corrected chi connectivity index (χ3v) is 4.04. The highest BCUT2D eigenvalue weighted by Crippen LogP contribution is 2.26. The van der Waals surface area contributed by atoms with E-state index in [0.717, 1.165) is 5.56 Å². The molecule has 2 aromatic heterocycles. The number of methoxy groups -OCH3 is 1. The number of aryl methyl sites for hydroxylation is 2. The topological polar surface area (TPSA) is 52.8 Å². The van der Waals surface area contributed by atoms with Crippen molar-refractivity contribution in [3.8, 4) is 5.75 Å². The Hall–Kier alpha value is -2.96. The summed E-state index contributed by atoms with van der Waals surface area (Å²) in [6, 6.07) is 5.35. The van der Waals surface area contributed by atoms with Gasteiger partial charge in [-0.15, -0.1) is 0 Å². The largest absolute Gasteiger partial charge is 0.485 e. The summed E-state index contributed by atoms with van der Waals surface area (Å²) in [5.74, 6) is -1.54. The molecular weight excluding hydrogens is 342 g/mol. The van der Waals surface area contributed by atoms with Gasteiger partial charge in [0.2, 0.25) is 0 Å². The number of carbonyl (C=O) groups excluding carboxylic acids is 1. The SMILES string of the molecule is CCc1nc2c(OCc3c(F)cccc3F)cc(C)cn2c1C(=O)OC. The summed E-state index contributed by atoms with van der Waals surface area (Å²) in [7, 11) is 1.30. The van der Waals surface area contributed by atoms with Gasteiger partial charge in [-0.2, -0.15) is 0 Å². The molecule has 0 N–H and O–H groups in total. The van der Waals surface area contributed by atoms with Crippen LogP contribution in [0.4, 0.5) is 8.78 Å². The number of imidazole rings is 1. The first kappa shape index (κ1) is 17.8. The summed E-state index contributed by atoms with van der Waals surface area (Å²) in [6.07, 6.45) is 2.26. The molecular formula is C19H18F2N2O3. The van der Waals surface area contributed by atoms with Crippen LogP contribution in [-0.4, -0.2) is 22.5 Å². The first-order chi connectivity index (χ1) is 12.5. The molecule has 3 rings (SSSR count). The minimum atomic E-state index is -0.679. The van der Waals surface area contributed by atoms with Gasteiger partial charge < -0.3 is 9.47 Å². The van der Waals surface area contributed by atoms with E-state index in [2.05, 4.69) is 4.98 Å². The molecule has 0 spiro atoms. The summed E-state index contributed by atoms with van der Waals surface area (Å²) in [5, 5.41) is 0. The van der Waals surface area contributed by atoms with Gasteiger partial charge in [0.05, 0.1) is 18.4 Å². The fraction of sp³-hybridized carbons (Fsp3) is 0.263. The second-order valence-electron chi connectivity index (χ2n) is 5.82. The molecule has 0 saturated carbocycles. The maximum absolute atomic E-state index is 13.8. The predicted molar refractivity (Wildman–Crippen MR) is 91.3 cm³/mol. The molecule has 0 bridgehead atoms. The Bertz CT molecular complexity index is 962. The molecule has 0 amide bonds. The molecule has 26 heavy (non-hydrogen) atoms. The van der Waals surface area contributed by atoms with E-state index < -0.39 is 17.6 Å². The van der Waals surface area contributed by atoms with Gasteiger partial charge in [-0.25, -0.2) is 18.6 Å². The summed E-state index contributed by atoms with van der Waals surface area (Å²) in [5.41, 5.74) is 1.90. The standard InChI is InChI=1S/C19H18F2N2O3/c1-4-15-17(19(24)25-3)23-9-11(2)8-16(18(23)22-15)26-10-12-13(20)6-5-7-14(12)21/h5-9H,4,10H2,1-3H3. The first-order valence-electron chi connectivity index (χ1n) is 8.11. The molecule has 2 heterocycles. The van der Waals surface area contributed by atoms with Gasteiger partial charge in [-0.1, -0.05) is 13.0 Å². The average molecular weight is 360 g/mol. The van der Waals surface area contributed by atoms with Crippen molar-refractivity contribution >= 4 is 11.6 Å². The number of fused-ring (bicyclic) bond motifs is 1. The van der Waals surface area contributed by atoms with Crippen molar-refractivity contribution in [2.45, 2.75) is 26.9 Å². The fourth-order valence-electron chi connectivity index (χ4n) is 2.78. The minimum Gasteiger partial charge on any atom is -0.485 e. The van der Waals surface area contributed by atoms with E-state index in [4.69, 9.17) is 9.47 Å². The van der Waals surface area contributed by atoms with Crippen molar-refractivity contribution in [3.63, 3.8) is 0 Å². The summed E-state index contributed by atoms with van der Waals surface area (Å²) < 4.78 is 39.7. The highest BCUT2D eigenvalue weighted by atomic mass is 19.1. The lowest BCUT2D eigenvalue weighted by molar-refractivity contribution is 0.0591. The number of carbonyl (C=O) groups is 1. The van der Waals surface area contributed by atoms with Crippen LogP contribution in [0.25, 0.3) is 5.65 Å². The van der Waals surface area contributed by atoms with Crippen molar-refractivity contribution in [2.24, 2.45) is 0 Å². The zero-order chi connectivity index (χ0) is 18.8. The van der Waals surface area contributed by atoms with Gasteiger partial charge in [0.1, 0.15) is 18.2 Å². The second-order valence-corrected chi connectivity index (χ2v) is 5.82. The van der Waals surface area contributed by atoms with Crippen molar-refractivity contribution in [3.05, 3.63) is 64.6 Å². The number of esters is 1. The number of nitrogens with zero attached hydrogens (tertiary/aromatic N) is 2. The van der Waals surface area contributed by atoms with Crippen LogP contribution in [0, 0.1) is 18.6 Å². The Morgan fingerprint density at radius 1 is 1.27 bits per heavy atom. The summed E-state index contributed by atoms with van der Waals surface area (Å²) in [4.78, 5) is 16.6. The molecule has 0 aliphatic heterocycles. The van der Waals surface area contributed by atoms with E-state index in [0.29, 0.717) is 29.2 Å². The zero-order valence-electron chi connectivity index (χ0n) is 14.7. The molecule has 136 valence electrons. The van der Waals surface area contributed by atoms with Crippen LogP contribution in [0.15, 0.2) is 30.5 Å². The van der Waals surface area contributed by atoms with Crippen molar-refractivity contribution < 1.29 is 23.0 Å². The van der Waals surface area contributed by atoms with Crippen LogP contribution in [0.5, 0.6) is 5.75 Å². The van der Waals surface area contributed by atoms with E-state index in [1.807, 2.05) is 13.8 Å². The predicted octanol–water partition coefficient (Wildman–Crippen LogP) is 3.85. The smallest absolute Gasteiger partial charge is 0.357 e. The van der Waals surface area contributed by atoms with Gasteiger partial charge in [0.25, 0.3) is 0 Å². The molecule has 0 radical (unpaired) electrons. The van der Waals surface area contributed by atoms with E-state index in [1.165, 1.54) is 25.3 Å². The van der Waals surface area contributed by atoms with Gasteiger partial charge in [-0.05, 0) is 37.1 Å². The maximum Gasteiger partial charge on any atom is 0.357 e. The van der Waals surface area contributed by atoms with E-state index in [1.54, 1.807) is 16.7 Å². The van der Waals surface area contributed by atoms with Crippen molar-refractivity contribution in [2.75, 3.05) is 7.11 Å². The maximum atomic E-state index is 13.8. The third-order valence-electron chi connectivity index (χ3n) is 4.04. The number of halogens is 2. The Labute approximate surface area is 149 Å². The highest BCUT2D eigenvalue weighted by Gasteiger charge is 2.21. The zero-order valence-corrected chi connectivity index (χ0v) is 14.7. The van der Waals surface area contributed by atoms with E-state index >= 15 is 0 Å². The van der Waals surface area contributed by atoms with E-state index in [9.17, 15) is 13.6 Å². The molecule has 5 nitrogen and oxygen atoms in total. The first-order valence-corrected chi connectivity index (χ1v) is 8.11. The van der Waals surface area contributed by atoms with Crippen LogP contribution in [0.3, 0.4) is 0 Å². The van der Waals surface area contributed by atoms with Gasteiger partial charge in [0.15, 0.2) is 17.1 Å².